The summed E-state index contributed by atoms with van der Waals surface area (Å²) < 4.78 is 6.24. The number of amides is 1. The van der Waals surface area contributed by atoms with Crippen molar-refractivity contribution < 1.29 is 14.6 Å². The van der Waals surface area contributed by atoms with Crippen molar-refractivity contribution in [3.63, 3.8) is 0 Å². The molecule has 4 aliphatic rings. The third-order valence-corrected chi connectivity index (χ3v) is 8.14. The standard InChI is InChI=1S/C27H42N2O3/c30-22-27-13-7-8-16-29(26(31)23-9-3-1-2-4-10-23)19-20-32-25-12-6-5-11-24(25)21-28(17-14-27)18-15-27/h5-6,11-12,23,30H,1-4,7-10,13-22H2. The van der Waals surface area contributed by atoms with Gasteiger partial charge in [-0.3, -0.25) is 9.69 Å². The summed E-state index contributed by atoms with van der Waals surface area (Å²) in [5.74, 6) is 1.49. The Morgan fingerprint density at radius 1 is 0.938 bits per heavy atom. The minimum atomic E-state index is 0.0584. The maximum Gasteiger partial charge on any atom is 0.225 e. The number of rotatable bonds is 2. The van der Waals surface area contributed by atoms with Crippen LogP contribution in [0.4, 0.5) is 0 Å². The fourth-order valence-electron chi connectivity index (χ4n) is 5.87. The number of para-hydroxylation sites is 1. The van der Waals surface area contributed by atoms with Crippen molar-refractivity contribution >= 4 is 5.91 Å². The van der Waals surface area contributed by atoms with E-state index in [4.69, 9.17) is 4.74 Å². The van der Waals surface area contributed by atoms with Crippen molar-refractivity contribution in [2.24, 2.45) is 11.3 Å². The van der Waals surface area contributed by atoms with Gasteiger partial charge in [0.25, 0.3) is 0 Å². The van der Waals surface area contributed by atoms with Crippen LogP contribution >= 0.6 is 0 Å². The fourth-order valence-corrected chi connectivity index (χ4v) is 5.87. The molecule has 0 aromatic heterocycles. The highest BCUT2D eigenvalue weighted by atomic mass is 16.5. The summed E-state index contributed by atoms with van der Waals surface area (Å²) >= 11 is 0. The highest BCUT2D eigenvalue weighted by molar-refractivity contribution is 5.78. The second-order valence-corrected chi connectivity index (χ2v) is 10.4. The van der Waals surface area contributed by atoms with Crippen LogP contribution in [-0.2, 0) is 11.3 Å². The second-order valence-electron chi connectivity index (χ2n) is 10.4. The molecule has 3 heterocycles. The van der Waals surface area contributed by atoms with Gasteiger partial charge < -0.3 is 14.7 Å². The molecule has 1 aromatic rings. The lowest BCUT2D eigenvalue weighted by molar-refractivity contribution is -0.136. The van der Waals surface area contributed by atoms with Crippen LogP contribution in [0, 0.1) is 11.3 Å². The van der Waals surface area contributed by atoms with E-state index >= 15 is 0 Å². The molecule has 5 heteroatoms. The van der Waals surface area contributed by atoms with Crippen LogP contribution in [0.15, 0.2) is 24.3 Å². The van der Waals surface area contributed by atoms with Gasteiger partial charge in [0.1, 0.15) is 12.4 Å². The normalized spacial score (nSPS) is 28.7. The maximum atomic E-state index is 13.4. The second kappa shape index (κ2) is 11.5. The number of piperidine rings is 1. The molecular weight excluding hydrogens is 400 g/mol. The summed E-state index contributed by atoms with van der Waals surface area (Å²) in [6.45, 7) is 5.26. The van der Waals surface area contributed by atoms with E-state index in [1.807, 2.05) is 6.07 Å². The van der Waals surface area contributed by atoms with E-state index in [2.05, 4.69) is 28.0 Å². The number of nitrogens with zero attached hydrogens (tertiary/aromatic N) is 2. The van der Waals surface area contributed by atoms with Crippen LogP contribution in [0.25, 0.3) is 0 Å². The van der Waals surface area contributed by atoms with Gasteiger partial charge in [0.2, 0.25) is 5.91 Å². The van der Waals surface area contributed by atoms with Crippen molar-refractivity contribution in [1.29, 1.82) is 0 Å². The molecule has 0 atom stereocenters. The van der Waals surface area contributed by atoms with Gasteiger partial charge in [-0.25, -0.2) is 0 Å². The molecule has 0 radical (unpaired) electrons. The van der Waals surface area contributed by atoms with E-state index in [0.29, 0.717) is 19.1 Å². The lowest BCUT2D eigenvalue weighted by Crippen LogP contribution is -2.41. The highest BCUT2D eigenvalue weighted by Gasteiger charge is 2.34. The Balaban J connectivity index is 1.48. The topological polar surface area (TPSA) is 53.0 Å². The molecule has 3 aliphatic heterocycles. The predicted octanol–water partition coefficient (Wildman–Crippen LogP) is 4.62. The first-order valence-electron chi connectivity index (χ1n) is 13.0. The lowest BCUT2D eigenvalue weighted by Gasteiger charge is -2.41. The van der Waals surface area contributed by atoms with Gasteiger partial charge in [0, 0.05) is 31.2 Å². The Bertz CT molecular complexity index is 721. The van der Waals surface area contributed by atoms with Gasteiger partial charge in [-0.05, 0) is 63.1 Å². The first-order valence-corrected chi connectivity index (χ1v) is 13.0. The lowest BCUT2D eigenvalue weighted by atomic mass is 9.75. The van der Waals surface area contributed by atoms with Gasteiger partial charge in [-0.1, -0.05) is 50.3 Å². The largest absolute Gasteiger partial charge is 0.491 e. The molecule has 1 saturated carbocycles. The van der Waals surface area contributed by atoms with Crippen molar-refractivity contribution in [1.82, 2.24) is 9.80 Å². The molecule has 2 bridgehead atoms. The summed E-state index contributed by atoms with van der Waals surface area (Å²) in [6.07, 6.45) is 12.3. The summed E-state index contributed by atoms with van der Waals surface area (Å²) in [5, 5.41) is 10.2. The number of aliphatic hydroxyl groups excluding tert-OH is 1. The Hall–Kier alpha value is -1.59. The number of carbonyl (C=O) groups is 1. The van der Waals surface area contributed by atoms with Crippen molar-refractivity contribution in [2.45, 2.75) is 77.2 Å². The molecule has 1 saturated heterocycles. The van der Waals surface area contributed by atoms with Crippen LogP contribution in [0.2, 0.25) is 0 Å². The monoisotopic (exact) mass is 442 g/mol. The molecular formula is C27H42N2O3. The zero-order valence-corrected chi connectivity index (χ0v) is 19.8. The Morgan fingerprint density at radius 2 is 1.69 bits per heavy atom. The quantitative estimate of drug-likeness (QED) is 0.679. The van der Waals surface area contributed by atoms with Gasteiger partial charge in [-0.15, -0.1) is 0 Å². The molecule has 5 rings (SSSR count). The first-order chi connectivity index (χ1) is 15.7. The summed E-state index contributed by atoms with van der Waals surface area (Å²) in [4.78, 5) is 18.0. The smallest absolute Gasteiger partial charge is 0.225 e. The zero-order chi connectivity index (χ0) is 22.2. The Morgan fingerprint density at radius 3 is 2.44 bits per heavy atom. The van der Waals surface area contributed by atoms with Crippen LogP contribution in [-0.4, -0.2) is 60.2 Å². The number of carbonyl (C=O) groups excluding carboxylic acids is 1. The fraction of sp³-hybridized carbons (Fsp3) is 0.741. The minimum absolute atomic E-state index is 0.0584. The SMILES string of the molecule is O=C(C1CCCCCC1)N1CCCCC2(CO)CCN(CC2)Cc2ccccc2OCC1. The first kappa shape index (κ1) is 23.6. The highest BCUT2D eigenvalue weighted by Crippen LogP contribution is 2.37. The summed E-state index contributed by atoms with van der Waals surface area (Å²) in [7, 11) is 0. The molecule has 0 unspecified atom stereocenters. The molecule has 32 heavy (non-hydrogen) atoms. The Kier molecular flexibility index (Phi) is 8.48. The molecule has 0 spiro atoms. The number of fused-ring (bicyclic) bond motifs is 9. The van der Waals surface area contributed by atoms with Crippen LogP contribution in [0.5, 0.6) is 5.75 Å². The van der Waals surface area contributed by atoms with Crippen LogP contribution < -0.4 is 4.74 Å². The average Bonchev–Trinajstić information content (AvgIpc) is 3.12. The van der Waals surface area contributed by atoms with Crippen molar-refractivity contribution in [3.8, 4) is 5.75 Å². The molecule has 1 amide bonds. The number of aliphatic hydroxyl groups is 1. The molecule has 5 nitrogen and oxygen atoms in total. The van der Waals surface area contributed by atoms with Gasteiger partial charge in [-0.2, -0.15) is 0 Å². The van der Waals surface area contributed by atoms with E-state index in [1.165, 1.54) is 31.2 Å². The van der Waals surface area contributed by atoms with E-state index in [1.54, 1.807) is 0 Å². The number of ether oxygens (including phenoxy) is 1. The predicted molar refractivity (Wildman–Crippen MR) is 128 cm³/mol. The molecule has 178 valence electrons. The summed E-state index contributed by atoms with van der Waals surface area (Å²) in [6, 6.07) is 8.34. The van der Waals surface area contributed by atoms with Crippen molar-refractivity contribution in [2.75, 3.05) is 39.4 Å². The van der Waals surface area contributed by atoms with Gasteiger partial charge in [0.15, 0.2) is 0 Å². The third kappa shape index (κ3) is 6.05. The van der Waals surface area contributed by atoms with Gasteiger partial charge >= 0.3 is 0 Å². The molecule has 1 aliphatic carbocycles. The maximum absolute atomic E-state index is 13.4. The summed E-state index contributed by atoms with van der Waals surface area (Å²) in [5.41, 5.74) is 1.28. The van der Waals surface area contributed by atoms with E-state index in [-0.39, 0.29) is 17.9 Å². The third-order valence-electron chi connectivity index (χ3n) is 8.14. The van der Waals surface area contributed by atoms with Crippen LogP contribution in [0.3, 0.4) is 0 Å². The van der Waals surface area contributed by atoms with Crippen molar-refractivity contribution in [3.05, 3.63) is 29.8 Å². The van der Waals surface area contributed by atoms with Gasteiger partial charge in [0.05, 0.1) is 6.54 Å². The minimum Gasteiger partial charge on any atom is -0.491 e. The average molecular weight is 443 g/mol. The Labute approximate surface area is 194 Å². The van der Waals surface area contributed by atoms with E-state index in [0.717, 1.165) is 76.9 Å². The molecule has 1 N–H and O–H groups in total. The number of hydrogen-bond donors (Lipinski definition) is 1. The molecule has 1 aromatic carbocycles. The molecule has 2 fully saturated rings. The van der Waals surface area contributed by atoms with Crippen LogP contribution in [0.1, 0.15) is 76.2 Å². The number of hydrogen-bond acceptors (Lipinski definition) is 4. The van der Waals surface area contributed by atoms with E-state index < -0.39 is 0 Å². The number of benzene rings is 1. The zero-order valence-electron chi connectivity index (χ0n) is 19.8. The van der Waals surface area contributed by atoms with E-state index in [9.17, 15) is 9.90 Å².